The van der Waals surface area contributed by atoms with Crippen molar-refractivity contribution in [1.29, 1.82) is 0 Å². The number of anilines is 2. The number of nitro groups is 1. The van der Waals surface area contributed by atoms with Crippen LogP contribution < -0.4 is 5.32 Å². The fourth-order valence-corrected chi connectivity index (χ4v) is 2.77. The van der Waals surface area contributed by atoms with Gasteiger partial charge in [0.2, 0.25) is 0 Å². The summed E-state index contributed by atoms with van der Waals surface area (Å²) >= 11 is 1.42. The number of aryl methyl sites for hydroxylation is 2. The number of carboxylic acids is 1. The molecule has 0 saturated heterocycles. The van der Waals surface area contributed by atoms with Crippen molar-refractivity contribution in [3.63, 3.8) is 0 Å². The minimum atomic E-state index is -1.23. The Labute approximate surface area is 124 Å². The van der Waals surface area contributed by atoms with Crippen LogP contribution in [0.4, 0.5) is 16.5 Å². The van der Waals surface area contributed by atoms with Gasteiger partial charge in [0, 0.05) is 17.0 Å². The van der Waals surface area contributed by atoms with Crippen molar-refractivity contribution in [3.05, 3.63) is 44.4 Å². The van der Waals surface area contributed by atoms with E-state index >= 15 is 0 Å². The van der Waals surface area contributed by atoms with Gasteiger partial charge in [0.1, 0.15) is 0 Å². The van der Waals surface area contributed by atoms with Crippen LogP contribution in [0.25, 0.3) is 0 Å². The molecule has 0 fully saturated rings. The van der Waals surface area contributed by atoms with Crippen LogP contribution in [0.3, 0.4) is 0 Å². The Bertz CT molecular complexity index is 711. The van der Waals surface area contributed by atoms with E-state index in [0.717, 1.165) is 23.1 Å². The second-order valence-corrected chi connectivity index (χ2v) is 5.50. The second kappa shape index (κ2) is 5.88. The van der Waals surface area contributed by atoms with E-state index in [1.54, 1.807) is 0 Å². The molecule has 1 aromatic heterocycles. The molecule has 0 aliphatic rings. The Balaban J connectivity index is 2.38. The van der Waals surface area contributed by atoms with Crippen LogP contribution in [-0.4, -0.2) is 21.0 Å². The number of non-ortho nitro benzene ring substituents is 1. The van der Waals surface area contributed by atoms with Crippen molar-refractivity contribution >= 4 is 33.8 Å². The van der Waals surface area contributed by atoms with Gasteiger partial charge in [0.15, 0.2) is 5.13 Å². The third kappa shape index (κ3) is 3.16. The molecule has 8 heteroatoms. The number of rotatable bonds is 5. The highest BCUT2D eigenvalue weighted by Crippen LogP contribution is 2.29. The van der Waals surface area contributed by atoms with E-state index in [1.165, 1.54) is 23.5 Å². The van der Waals surface area contributed by atoms with Crippen LogP contribution in [0.15, 0.2) is 18.2 Å². The average Bonchev–Trinajstić information content (AvgIpc) is 2.78. The quantitative estimate of drug-likeness (QED) is 0.648. The van der Waals surface area contributed by atoms with Crippen molar-refractivity contribution in [2.45, 2.75) is 20.3 Å². The van der Waals surface area contributed by atoms with Crippen molar-refractivity contribution in [1.82, 2.24) is 4.98 Å². The van der Waals surface area contributed by atoms with Crippen LogP contribution in [0.2, 0.25) is 0 Å². The SMILES string of the molecule is CCc1nc(Nc2ccc([N+](=O)[O-])cc2C(=O)O)sc1C. The molecule has 110 valence electrons. The number of thiazole rings is 1. The number of aromatic carboxylic acids is 1. The first kappa shape index (κ1) is 14.9. The first-order valence-corrected chi connectivity index (χ1v) is 6.99. The van der Waals surface area contributed by atoms with Gasteiger partial charge in [0.25, 0.3) is 5.69 Å². The van der Waals surface area contributed by atoms with E-state index in [0.29, 0.717) is 5.13 Å². The highest BCUT2D eigenvalue weighted by Gasteiger charge is 2.17. The molecule has 0 radical (unpaired) electrons. The number of hydrogen-bond donors (Lipinski definition) is 2. The lowest BCUT2D eigenvalue weighted by Gasteiger charge is -2.06. The predicted octanol–water partition coefficient (Wildman–Crippen LogP) is 3.36. The van der Waals surface area contributed by atoms with Gasteiger partial charge in [0.05, 0.1) is 21.9 Å². The van der Waals surface area contributed by atoms with Crippen molar-refractivity contribution in [2.75, 3.05) is 5.32 Å². The topological polar surface area (TPSA) is 105 Å². The third-order valence-corrected chi connectivity index (χ3v) is 3.84. The molecular formula is C13H13N3O4S. The second-order valence-electron chi connectivity index (χ2n) is 4.29. The van der Waals surface area contributed by atoms with Crippen molar-refractivity contribution in [3.8, 4) is 0 Å². The molecule has 1 aromatic carbocycles. The molecule has 2 N–H and O–H groups in total. The number of nitro benzene ring substituents is 1. The molecule has 0 atom stereocenters. The number of aromatic nitrogens is 1. The standard InChI is InChI=1S/C13H13N3O4S/c1-3-10-7(2)21-13(14-10)15-11-5-4-8(16(19)20)6-9(11)12(17)18/h4-6H,3H2,1-2H3,(H,14,15)(H,17,18). The van der Waals surface area contributed by atoms with Crippen LogP contribution in [0, 0.1) is 17.0 Å². The maximum atomic E-state index is 11.2. The van der Waals surface area contributed by atoms with Crippen LogP contribution in [0.1, 0.15) is 27.9 Å². The van der Waals surface area contributed by atoms with Gasteiger partial charge in [-0.25, -0.2) is 9.78 Å². The number of nitrogens with zero attached hydrogens (tertiary/aromatic N) is 2. The van der Waals surface area contributed by atoms with Crippen molar-refractivity contribution < 1.29 is 14.8 Å². The monoisotopic (exact) mass is 307 g/mol. The first-order valence-electron chi connectivity index (χ1n) is 6.17. The van der Waals surface area contributed by atoms with Crippen LogP contribution >= 0.6 is 11.3 Å². The summed E-state index contributed by atoms with van der Waals surface area (Å²) in [5, 5.41) is 23.4. The maximum absolute atomic E-state index is 11.2. The van der Waals surface area contributed by atoms with Gasteiger partial charge < -0.3 is 10.4 Å². The molecule has 7 nitrogen and oxygen atoms in total. The maximum Gasteiger partial charge on any atom is 0.338 e. The highest BCUT2D eigenvalue weighted by atomic mass is 32.1. The van der Waals surface area contributed by atoms with Gasteiger partial charge >= 0.3 is 5.97 Å². The molecule has 2 aromatic rings. The van der Waals surface area contributed by atoms with E-state index in [9.17, 15) is 20.0 Å². The Morgan fingerprint density at radius 2 is 2.24 bits per heavy atom. The van der Waals surface area contributed by atoms with Gasteiger partial charge in [-0.15, -0.1) is 11.3 Å². The zero-order valence-electron chi connectivity index (χ0n) is 11.4. The van der Waals surface area contributed by atoms with E-state index in [2.05, 4.69) is 10.3 Å². The number of hydrogen-bond acceptors (Lipinski definition) is 6. The zero-order valence-corrected chi connectivity index (χ0v) is 12.2. The number of carbonyl (C=O) groups is 1. The molecular weight excluding hydrogens is 294 g/mol. The fraction of sp³-hybridized carbons (Fsp3) is 0.231. The molecule has 2 rings (SSSR count). The largest absolute Gasteiger partial charge is 0.478 e. The smallest absolute Gasteiger partial charge is 0.338 e. The summed E-state index contributed by atoms with van der Waals surface area (Å²) in [6.07, 6.45) is 0.788. The van der Waals surface area contributed by atoms with E-state index in [1.807, 2.05) is 13.8 Å². The van der Waals surface area contributed by atoms with Gasteiger partial charge in [-0.2, -0.15) is 0 Å². The van der Waals surface area contributed by atoms with Crippen LogP contribution in [0.5, 0.6) is 0 Å². The van der Waals surface area contributed by atoms with E-state index in [-0.39, 0.29) is 16.9 Å². The third-order valence-electron chi connectivity index (χ3n) is 2.91. The first-order chi connectivity index (χ1) is 9.92. The fourth-order valence-electron chi connectivity index (χ4n) is 1.86. The minimum Gasteiger partial charge on any atom is -0.478 e. The molecule has 0 aliphatic heterocycles. The minimum absolute atomic E-state index is 0.157. The lowest BCUT2D eigenvalue weighted by atomic mass is 10.1. The Morgan fingerprint density at radius 3 is 2.76 bits per heavy atom. The molecule has 0 saturated carbocycles. The van der Waals surface area contributed by atoms with Gasteiger partial charge in [-0.1, -0.05) is 6.92 Å². The summed E-state index contributed by atoms with van der Waals surface area (Å²) in [6, 6.07) is 3.67. The van der Waals surface area contributed by atoms with E-state index < -0.39 is 10.9 Å². The average molecular weight is 307 g/mol. The summed E-state index contributed by atoms with van der Waals surface area (Å²) in [5.74, 6) is -1.23. The molecule has 21 heavy (non-hydrogen) atoms. The normalized spacial score (nSPS) is 10.4. The molecule has 0 spiro atoms. The lowest BCUT2D eigenvalue weighted by Crippen LogP contribution is -2.04. The number of nitrogens with one attached hydrogen (secondary N) is 1. The lowest BCUT2D eigenvalue weighted by molar-refractivity contribution is -0.384. The van der Waals surface area contributed by atoms with Gasteiger partial charge in [-0.05, 0) is 19.4 Å². The Hall–Kier alpha value is -2.48. The van der Waals surface area contributed by atoms with Crippen LogP contribution in [-0.2, 0) is 6.42 Å². The van der Waals surface area contributed by atoms with Gasteiger partial charge in [-0.3, -0.25) is 10.1 Å². The molecule has 1 heterocycles. The molecule has 0 amide bonds. The van der Waals surface area contributed by atoms with E-state index in [4.69, 9.17) is 0 Å². The van der Waals surface area contributed by atoms with Crippen molar-refractivity contribution in [2.24, 2.45) is 0 Å². The Kier molecular flexibility index (Phi) is 4.18. The highest BCUT2D eigenvalue weighted by molar-refractivity contribution is 7.15. The number of carboxylic acid groups (broad SMARTS) is 1. The summed E-state index contributed by atoms with van der Waals surface area (Å²) in [7, 11) is 0. The summed E-state index contributed by atoms with van der Waals surface area (Å²) in [5.41, 5.74) is 0.809. The predicted molar refractivity (Wildman–Crippen MR) is 79.6 cm³/mol. The summed E-state index contributed by atoms with van der Waals surface area (Å²) < 4.78 is 0. The molecule has 0 aliphatic carbocycles. The summed E-state index contributed by atoms with van der Waals surface area (Å²) in [6.45, 7) is 3.93. The molecule has 0 unspecified atom stereocenters. The summed E-state index contributed by atoms with van der Waals surface area (Å²) in [4.78, 5) is 26.7. The molecule has 0 bridgehead atoms. The zero-order chi connectivity index (χ0) is 15.6. The number of benzene rings is 1. The Morgan fingerprint density at radius 1 is 1.52 bits per heavy atom.